The van der Waals surface area contributed by atoms with E-state index >= 15 is 0 Å². The molecule has 230 valence electrons. The summed E-state index contributed by atoms with van der Waals surface area (Å²) >= 11 is 0. The molecule has 1 aromatic carbocycles. The minimum Gasteiger partial charge on any atom is -0.493 e. The molecule has 1 heterocycles. The average Bonchev–Trinajstić information content (AvgIpc) is 2.89. The number of amides is 4. The van der Waals surface area contributed by atoms with Gasteiger partial charge in [-0.1, -0.05) is 0 Å². The van der Waals surface area contributed by atoms with E-state index in [9.17, 15) is 19.2 Å². The van der Waals surface area contributed by atoms with E-state index in [1.807, 2.05) is 13.8 Å². The van der Waals surface area contributed by atoms with Crippen molar-refractivity contribution in [1.82, 2.24) is 15.1 Å². The molecule has 12 nitrogen and oxygen atoms in total. The van der Waals surface area contributed by atoms with Crippen LogP contribution in [0, 0.1) is 0 Å². The lowest BCUT2D eigenvalue weighted by molar-refractivity contribution is -0.126. The van der Waals surface area contributed by atoms with E-state index in [2.05, 4.69) is 5.32 Å². The van der Waals surface area contributed by atoms with Crippen molar-refractivity contribution in [2.24, 2.45) is 5.73 Å². The van der Waals surface area contributed by atoms with Gasteiger partial charge in [-0.15, -0.1) is 0 Å². The molecule has 0 radical (unpaired) electrons. The molecular weight excluding hydrogens is 532 g/mol. The van der Waals surface area contributed by atoms with E-state index in [1.54, 1.807) is 51.0 Å². The second-order valence-corrected chi connectivity index (χ2v) is 11.3. The Morgan fingerprint density at radius 3 is 2.39 bits per heavy atom. The van der Waals surface area contributed by atoms with Crippen LogP contribution in [0.1, 0.15) is 70.7 Å². The quantitative estimate of drug-likeness (QED) is 0.339. The molecule has 1 aliphatic rings. The summed E-state index contributed by atoms with van der Waals surface area (Å²) in [4.78, 5) is 54.0. The van der Waals surface area contributed by atoms with E-state index in [-0.39, 0.29) is 37.5 Å². The molecule has 0 spiro atoms. The maximum absolute atomic E-state index is 13.9. The number of nitrogens with one attached hydrogen (secondary N) is 1. The van der Waals surface area contributed by atoms with Crippen LogP contribution in [0.2, 0.25) is 0 Å². The van der Waals surface area contributed by atoms with Gasteiger partial charge in [-0.2, -0.15) is 0 Å². The van der Waals surface area contributed by atoms with Crippen molar-refractivity contribution in [3.8, 4) is 11.5 Å². The fourth-order valence-corrected chi connectivity index (χ4v) is 4.74. The number of benzene rings is 1. The summed E-state index contributed by atoms with van der Waals surface area (Å²) in [7, 11) is 3.16. The van der Waals surface area contributed by atoms with Crippen molar-refractivity contribution in [1.29, 1.82) is 0 Å². The first-order valence-electron chi connectivity index (χ1n) is 13.9. The Labute approximate surface area is 242 Å². The summed E-state index contributed by atoms with van der Waals surface area (Å²) in [5.74, 6) is -0.287. The van der Waals surface area contributed by atoms with Gasteiger partial charge in [-0.05, 0) is 65.7 Å². The van der Waals surface area contributed by atoms with E-state index < -0.39 is 29.6 Å². The number of primary amides is 1. The molecule has 2 atom stereocenters. The summed E-state index contributed by atoms with van der Waals surface area (Å²) < 4.78 is 22.0. The Kier molecular flexibility index (Phi) is 12.7. The third kappa shape index (κ3) is 10.4. The number of ether oxygens (including phenoxy) is 4. The molecule has 0 aliphatic carbocycles. The summed E-state index contributed by atoms with van der Waals surface area (Å²) in [6, 6.07) is 4.09. The van der Waals surface area contributed by atoms with Crippen molar-refractivity contribution in [2.75, 3.05) is 40.5 Å². The third-order valence-corrected chi connectivity index (χ3v) is 6.54. The van der Waals surface area contributed by atoms with Crippen molar-refractivity contribution < 1.29 is 38.1 Å². The smallest absolute Gasteiger partial charge is 0.410 e. The number of nitrogens with two attached hydrogens (primary N) is 1. The highest BCUT2D eigenvalue weighted by molar-refractivity contribution is 5.95. The van der Waals surface area contributed by atoms with Crippen LogP contribution in [-0.4, -0.2) is 97.9 Å². The Balaban J connectivity index is 2.30. The lowest BCUT2D eigenvalue weighted by atomic mass is 9.93. The van der Waals surface area contributed by atoms with Crippen molar-refractivity contribution in [3.05, 3.63) is 23.8 Å². The van der Waals surface area contributed by atoms with Crippen LogP contribution in [0.15, 0.2) is 18.2 Å². The minimum atomic E-state index is -0.751. The molecule has 1 aromatic rings. The number of nitrogens with zero attached hydrogens (tertiary/aromatic N) is 2. The number of likely N-dealkylation sites (tertiary alicyclic amines) is 1. The lowest BCUT2D eigenvalue weighted by Crippen LogP contribution is -2.58. The number of rotatable bonds is 13. The zero-order valence-corrected chi connectivity index (χ0v) is 25.4. The Morgan fingerprint density at radius 2 is 1.80 bits per heavy atom. The first kappa shape index (κ1) is 33.7. The molecule has 1 saturated heterocycles. The van der Waals surface area contributed by atoms with Crippen LogP contribution >= 0.6 is 0 Å². The normalized spacial score (nSPS) is 17.1. The van der Waals surface area contributed by atoms with Crippen LogP contribution in [0.3, 0.4) is 0 Å². The maximum atomic E-state index is 13.9. The second-order valence-electron chi connectivity index (χ2n) is 11.3. The topological polar surface area (TPSA) is 150 Å². The Hall–Kier alpha value is -3.54. The van der Waals surface area contributed by atoms with Gasteiger partial charge in [0.2, 0.25) is 11.8 Å². The molecule has 1 aliphatic heterocycles. The zero-order valence-electron chi connectivity index (χ0n) is 25.4. The summed E-state index contributed by atoms with van der Waals surface area (Å²) in [6.07, 6.45) is 1.12. The molecule has 0 unspecified atom stereocenters. The van der Waals surface area contributed by atoms with Gasteiger partial charge >= 0.3 is 6.09 Å². The van der Waals surface area contributed by atoms with Crippen LogP contribution in [0.5, 0.6) is 11.5 Å². The first-order valence-corrected chi connectivity index (χ1v) is 13.9. The molecule has 0 aromatic heterocycles. The number of methoxy groups -OCH3 is 2. The van der Waals surface area contributed by atoms with Crippen LogP contribution in [-0.2, 0) is 19.1 Å². The first-order chi connectivity index (χ1) is 19.3. The maximum Gasteiger partial charge on any atom is 0.410 e. The van der Waals surface area contributed by atoms with Crippen molar-refractivity contribution in [3.63, 3.8) is 0 Å². The third-order valence-electron chi connectivity index (χ3n) is 6.54. The fraction of sp³-hybridized carbons (Fsp3) is 0.655. The highest BCUT2D eigenvalue weighted by atomic mass is 16.6. The standard InChI is InChI=1S/C29H46N4O8/c1-19(2)33(27(36)20-9-12-23(39-7)24(15-20)40-14-8-13-38-6)22-11-10-21(16-26(35)31-17-25(30)34)32(18-22)28(37)41-29(3,4)5/h9,12,15,19,21-22H,8,10-11,13-14,16-18H2,1-7H3,(H2,30,34)(H,31,35)/t21-,22-/m1/s1. The largest absolute Gasteiger partial charge is 0.493 e. The summed E-state index contributed by atoms with van der Waals surface area (Å²) in [6.45, 7) is 9.99. The predicted octanol–water partition coefficient (Wildman–Crippen LogP) is 2.72. The Morgan fingerprint density at radius 1 is 1.10 bits per heavy atom. The fourth-order valence-electron chi connectivity index (χ4n) is 4.74. The van der Waals surface area contributed by atoms with Gasteiger partial charge in [-0.25, -0.2) is 4.79 Å². The molecule has 12 heteroatoms. The van der Waals surface area contributed by atoms with Crippen LogP contribution < -0.4 is 20.5 Å². The van der Waals surface area contributed by atoms with Gasteiger partial charge in [0.15, 0.2) is 11.5 Å². The van der Waals surface area contributed by atoms with Gasteiger partial charge in [0.05, 0.1) is 26.3 Å². The van der Waals surface area contributed by atoms with Crippen LogP contribution in [0.4, 0.5) is 4.79 Å². The zero-order chi connectivity index (χ0) is 30.7. The summed E-state index contributed by atoms with van der Waals surface area (Å²) in [5.41, 5.74) is 4.82. The number of hydrogen-bond donors (Lipinski definition) is 2. The van der Waals surface area contributed by atoms with Gasteiger partial charge in [-0.3, -0.25) is 14.4 Å². The SMILES string of the molecule is COCCCOc1cc(C(=O)N(C(C)C)[C@@H]2CC[C@H](CC(=O)NCC(N)=O)N(C(=O)OC(C)(C)C)C2)ccc1OC. The molecular formula is C29H46N4O8. The average molecular weight is 579 g/mol. The molecule has 3 N–H and O–H groups in total. The monoisotopic (exact) mass is 578 g/mol. The number of carbonyl (C=O) groups is 4. The summed E-state index contributed by atoms with van der Waals surface area (Å²) in [5, 5.41) is 2.48. The number of carbonyl (C=O) groups excluding carboxylic acids is 4. The molecule has 4 amide bonds. The highest BCUT2D eigenvalue weighted by Gasteiger charge is 2.39. The number of piperidine rings is 1. The molecule has 0 bridgehead atoms. The van der Waals surface area contributed by atoms with Gasteiger partial charge in [0.25, 0.3) is 5.91 Å². The molecule has 2 rings (SSSR count). The van der Waals surface area contributed by atoms with E-state index in [1.165, 1.54) is 12.0 Å². The Bertz CT molecular complexity index is 1060. The van der Waals surface area contributed by atoms with Gasteiger partial charge in [0.1, 0.15) is 5.60 Å². The second kappa shape index (κ2) is 15.5. The van der Waals surface area contributed by atoms with E-state index in [0.29, 0.717) is 49.5 Å². The van der Waals surface area contributed by atoms with Crippen LogP contribution in [0.25, 0.3) is 0 Å². The van der Waals surface area contributed by atoms with Gasteiger partial charge in [0, 0.05) is 50.8 Å². The minimum absolute atomic E-state index is 0.0167. The molecule has 0 saturated carbocycles. The van der Waals surface area contributed by atoms with Crippen molar-refractivity contribution in [2.45, 2.75) is 84.0 Å². The van der Waals surface area contributed by atoms with E-state index in [4.69, 9.17) is 24.7 Å². The van der Waals surface area contributed by atoms with Crippen molar-refractivity contribution >= 4 is 23.8 Å². The number of hydrogen-bond acceptors (Lipinski definition) is 8. The predicted molar refractivity (Wildman–Crippen MR) is 153 cm³/mol. The lowest BCUT2D eigenvalue weighted by Gasteiger charge is -2.45. The highest BCUT2D eigenvalue weighted by Crippen LogP contribution is 2.31. The van der Waals surface area contributed by atoms with Gasteiger partial charge < -0.3 is 39.8 Å². The molecule has 41 heavy (non-hydrogen) atoms. The molecule has 1 fully saturated rings. The van der Waals surface area contributed by atoms with E-state index in [0.717, 1.165) is 0 Å².